The van der Waals surface area contributed by atoms with Crippen LogP contribution in [-0.2, 0) is 6.42 Å². The lowest BCUT2D eigenvalue weighted by atomic mass is 9.96. The Morgan fingerprint density at radius 1 is 1.18 bits per heavy atom. The van der Waals surface area contributed by atoms with Gasteiger partial charge in [-0.3, -0.25) is 14.5 Å². The van der Waals surface area contributed by atoms with Crippen molar-refractivity contribution in [3.05, 3.63) is 98.2 Å². The topological polar surface area (TPSA) is 119 Å². The Morgan fingerprint density at radius 3 is 2.63 bits per heavy atom. The molecule has 1 aromatic heterocycles. The largest absolute Gasteiger partial charge is 0.389 e. The molecule has 2 aromatic carbocycles. The van der Waals surface area contributed by atoms with E-state index >= 15 is 0 Å². The highest BCUT2D eigenvalue weighted by Crippen LogP contribution is 2.41. The van der Waals surface area contributed by atoms with Crippen molar-refractivity contribution in [3.63, 3.8) is 0 Å². The molecule has 1 amide bonds. The maximum atomic E-state index is 13.9. The fourth-order valence-electron chi connectivity index (χ4n) is 5.34. The Balaban J connectivity index is 1.46. The van der Waals surface area contributed by atoms with Crippen LogP contribution in [0.25, 0.3) is 0 Å². The maximum Gasteiger partial charge on any atom is 0.267 e. The van der Waals surface area contributed by atoms with Gasteiger partial charge >= 0.3 is 0 Å². The van der Waals surface area contributed by atoms with E-state index in [-0.39, 0.29) is 35.9 Å². The minimum atomic E-state index is -1.10. The monoisotopic (exact) mass is 522 g/mol. The third-order valence-corrected chi connectivity index (χ3v) is 7.27. The van der Waals surface area contributed by atoms with Crippen LogP contribution in [0.1, 0.15) is 71.0 Å². The number of likely N-dealkylation sites (tertiary alicyclic amines) is 1. The van der Waals surface area contributed by atoms with Gasteiger partial charge in [0.1, 0.15) is 12.0 Å². The average Bonchev–Trinajstić information content (AvgIpc) is 3.32. The molecule has 0 saturated carbocycles. The number of aromatic amines is 1. The van der Waals surface area contributed by atoms with Gasteiger partial charge in [0.2, 0.25) is 0 Å². The fraction of sp³-hybridized carbons (Fsp3) is 0.414. The van der Waals surface area contributed by atoms with Crippen LogP contribution in [0.3, 0.4) is 0 Å². The van der Waals surface area contributed by atoms with Crippen molar-refractivity contribution < 1.29 is 19.4 Å². The van der Waals surface area contributed by atoms with E-state index in [9.17, 15) is 24.2 Å². The molecule has 0 spiro atoms. The van der Waals surface area contributed by atoms with Gasteiger partial charge in [0.25, 0.3) is 11.5 Å². The number of aryl methyl sites for hydroxylation is 2. The summed E-state index contributed by atoms with van der Waals surface area (Å²) >= 11 is 0. The third kappa shape index (κ3) is 6.18. The highest BCUT2D eigenvalue weighted by Gasteiger charge is 2.44. The summed E-state index contributed by atoms with van der Waals surface area (Å²) in [6, 6.07) is 12.6. The van der Waals surface area contributed by atoms with E-state index in [4.69, 9.17) is 0 Å². The van der Waals surface area contributed by atoms with E-state index < -0.39 is 11.8 Å². The molecule has 3 aromatic rings. The first-order valence-electron chi connectivity index (χ1n) is 12.8. The maximum absolute atomic E-state index is 13.9. The molecular formula is C29H35FN4O4. The lowest BCUT2D eigenvalue weighted by molar-refractivity contribution is -0.0887. The number of hydrogen-bond donors (Lipinski definition) is 4. The Kier molecular flexibility index (Phi) is 8.10. The van der Waals surface area contributed by atoms with Gasteiger partial charge < -0.3 is 15.5 Å². The number of aliphatic hydroxyl groups excluding tert-OH is 1. The van der Waals surface area contributed by atoms with Gasteiger partial charge in [0.05, 0.1) is 17.8 Å². The summed E-state index contributed by atoms with van der Waals surface area (Å²) in [5, 5.41) is 31.1. The van der Waals surface area contributed by atoms with Crippen LogP contribution in [-0.4, -0.2) is 55.6 Å². The number of aliphatic hydroxyl groups is 2. The van der Waals surface area contributed by atoms with Crippen LogP contribution in [0.2, 0.25) is 0 Å². The summed E-state index contributed by atoms with van der Waals surface area (Å²) in [6.45, 7) is 7.00. The highest BCUT2D eigenvalue weighted by molar-refractivity contribution is 5.94. The van der Waals surface area contributed by atoms with Crippen molar-refractivity contribution >= 4 is 5.91 Å². The van der Waals surface area contributed by atoms with E-state index in [0.717, 1.165) is 22.4 Å². The second-order valence-corrected chi connectivity index (χ2v) is 10.6. The van der Waals surface area contributed by atoms with Crippen molar-refractivity contribution in [2.45, 2.75) is 70.9 Å². The SMILES string of the molecule is Cc1cc(Cc2ccc(C(=O)NCC(O)N3[C@H](c4cccc(F)c4)CC[C@@H]3C(C)(C)O)cc2C)c(=O)[nH]n1. The van der Waals surface area contributed by atoms with Gasteiger partial charge in [-0.05, 0) is 87.6 Å². The quantitative estimate of drug-likeness (QED) is 0.361. The van der Waals surface area contributed by atoms with Crippen molar-refractivity contribution in [1.82, 2.24) is 20.4 Å². The van der Waals surface area contributed by atoms with Gasteiger partial charge in [-0.2, -0.15) is 5.10 Å². The van der Waals surface area contributed by atoms with Gasteiger partial charge in [-0.25, -0.2) is 9.49 Å². The van der Waals surface area contributed by atoms with E-state index in [1.807, 2.05) is 19.1 Å². The molecule has 4 rings (SSSR count). The zero-order chi connectivity index (χ0) is 27.6. The van der Waals surface area contributed by atoms with Crippen LogP contribution in [0.5, 0.6) is 0 Å². The molecule has 3 atom stereocenters. The molecule has 1 fully saturated rings. The number of H-pyrrole nitrogens is 1. The number of nitrogens with one attached hydrogen (secondary N) is 2. The number of halogens is 1. The molecule has 9 heteroatoms. The number of amides is 1. The number of benzene rings is 2. The molecule has 0 aliphatic carbocycles. The van der Waals surface area contributed by atoms with Gasteiger partial charge in [-0.15, -0.1) is 0 Å². The lowest BCUT2D eigenvalue weighted by Crippen LogP contribution is -2.53. The van der Waals surface area contributed by atoms with Crippen molar-refractivity contribution in [2.24, 2.45) is 0 Å². The van der Waals surface area contributed by atoms with Crippen LogP contribution >= 0.6 is 0 Å². The predicted molar refractivity (Wildman–Crippen MR) is 142 cm³/mol. The number of hydrogen-bond acceptors (Lipinski definition) is 6. The van der Waals surface area contributed by atoms with E-state index in [0.29, 0.717) is 30.4 Å². The molecule has 0 bridgehead atoms. The first-order valence-corrected chi connectivity index (χ1v) is 12.8. The molecule has 1 unspecified atom stereocenters. The summed E-state index contributed by atoms with van der Waals surface area (Å²) in [5.74, 6) is -0.711. The second kappa shape index (κ2) is 11.1. The standard InChI is InChI=1S/C29H35FN4O4/c1-17-12-21(9-8-19(17)14-22-13-18(2)32-33-28(22)37)27(36)31-16-26(35)34-24(10-11-25(34)29(3,4)38)20-6-5-7-23(30)15-20/h5-9,12-13,15,24-26,35,38H,10-11,14,16H2,1-4H3,(H,31,36)(H,33,37)/t24-,25+,26?/m0/s1. The molecule has 2 heterocycles. The van der Waals surface area contributed by atoms with Crippen molar-refractivity contribution in [3.8, 4) is 0 Å². The molecule has 8 nitrogen and oxygen atoms in total. The Labute approximate surface area is 221 Å². The van der Waals surface area contributed by atoms with Crippen molar-refractivity contribution in [2.75, 3.05) is 6.54 Å². The molecular weight excluding hydrogens is 487 g/mol. The van der Waals surface area contributed by atoms with Gasteiger partial charge in [0.15, 0.2) is 0 Å². The minimum Gasteiger partial charge on any atom is -0.389 e. The molecule has 4 N–H and O–H groups in total. The van der Waals surface area contributed by atoms with Crippen LogP contribution < -0.4 is 10.9 Å². The van der Waals surface area contributed by atoms with E-state index in [1.54, 1.807) is 49.9 Å². The zero-order valence-electron chi connectivity index (χ0n) is 22.2. The smallest absolute Gasteiger partial charge is 0.267 e. The Hall–Kier alpha value is -3.40. The molecule has 1 aliphatic heterocycles. The number of nitrogens with zero attached hydrogens (tertiary/aromatic N) is 2. The minimum absolute atomic E-state index is 0.0658. The number of carbonyl (C=O) groups excluding carboxylic acids is 1. The van der Waals surface area contributed by atoms with E-state index in [2.05, 4.69) is 15.5 Å². The normalized spacial score (nSPS) is 18.9. The molecule has 202 valence electrons. The van der Waals surface area contributed by atoms with Gasteiger partial charge in [0, 0.05) is 29.6 Å². The fourth-order valence-corrected chi connectivity index (χ4v) is 5.34. The Bertz CT molecular complexity index is 1370. The molecule has 1 saturated heterocycles. The van der Waals surface area contributed by atoms with E-state index in [1.165, 1.54) is 12.1 Å². The molecule has 0 radical (unpaired) electrons. The zero-order valence-corrected chi connectivity index (χ0v) is 22.2. The van der Waals surface area contributed by atoms with Gasteiger partial charge in [-0.1, -0.05) is 18.2 Å². The van der Waals surface area contributed by atoms with Crippen LogP contribution in [0, 0.1) is 19.7 Å². The first kappa shape index (κ1) is 27.6. The summed E-state index contributed by atoms with van der Waals surface area (Å²) in [4.78, 5) is 26.8. The van der Waals surface area contributed by atoms with Crippen LogP contribution in [0.15, 0.2) is 53.3 Å². The first-order chi connectivity index (χ1) is 17.9. The number of rotatable bonds is 8. The summed E-state index contributed by atoms with van der Waals surface area (Å²) in [7, 11) is 0. The van der Waals surface area contributed by atoms with Crippen molar-refractivity contribution in [1.29, 1.82) is 0 Å². The average molecular weight is 523 g/mol. The second-order valence-electron chi connectivity index (χ2n) is 10.6. The molecule has 38 heavy (non-hydrogen) atoms. The van der Waals surface area contributed by atoms with Crippen LogP contribution in [0.4, 0.5) is 4.39 Å². The number of carbonyl (C=O) groups is 1. The number of aromatic nitrogens is 2. The third-order valence-electron chi connectivity index (χ3n) is 7.27. The summed E-state index contributed by atoms with van der Waals surface area (Å²) < 4.78 is 13.9. The predicted octanol–water partition coefficient (Wildman–Crippen LogP) is 3.14. The highest BCUT2D eigenvalue weighted by atomic mass is 19.1. The molecule has 1 aliphatic rings. The Morgan fingerprint density at radius 2 is 1.95 bits per heavy atom. The lowest BCUT2D eigenvalue weighted by Gasteiger charge is -2.40. The summed E-state index contributed by atoms with van der Waals surface area (Å²) in [6.07, 6.45) is 0.591. The summed E-state index contributed by atoms with van der Waals surface area (Å²) in [5.41, 5.74) is 2.90.